The van der Waals surface area contributed by atoms with E-state index in [4.69, 9.17) is 5.10 Å². The molecule has 2 fully saturated rings. The van der Waals surface area contributed by atoms with Crippen molar-refractivity contribution >= 4 is 16.4 Å². The van der Waals surface area contributed by atoms with Crippen molar-refractivity contribution in [1.29, 1.82) is 0 Å². The maximum Gasteiger partial charge on any atom is 0.275 e. The molecule has 1 saturated heterocycles. The molecule has 1 atom stereocenters. The van der Waals surface area contributed by atoms with Gasteiger partial charge in [0.2, 0.25) is 0 Å². The van der Waals surface area contributed by atoms with Crippen LogP contribution in [0.2, 0.25) is 0 Å². The predicted molar refractivity (Wildman–Crippen MR) is 120 cm³/mol. The lowest BCUT2D eigenvalue weighted by molar-refractivity contribution is 0.264. The van der Waals surface area contributed by atoms with Gasteiger partial charge in [0.05, 0.1) is 35.2 Å². The lowest BCUT2D eigenvalue weighted by atomic mass is 9.97. The Hall–Kier alpha value is -3.06. The molecule has 0 bridgehead atoms. The van der Waals surface area contributed by atoms with Gasteiger partial charge in [-0.3, -0.25) is 4.79 Å². The number of aryl methyl sites for hydroxylation is 3. The van der Waals surface area contributed by atoms with Crippen molar-refractivity contribution in [3.8, 4) is 11.3 Å². The Morgan fingerprint density at radius 2 is 1.97 bits per heavy atom. The molecular weight excluding hydrogens is 388 g/mol. The van der Waals surface area contributed by atoms with E-state index in [0.717, 1.165) is 63.9 Å². The molecule has 1 aromatic carbocycles. The smallest absolute Gasteiger partial charge is 0.275 e. The van der Waals surface area contributed by atoms with Crippen molar-refractivity contribution < 1.29 is 0 Å². The average Bonchev–Trinajstić information content (AvgIpc) is 3.35. The van der Waals surface area contributed by atoms with Crippen molar-refractivity contribution in [2.75, 3.05) is 6.54 Å². The van der Waals surface area contributed by atoms with Gasteiger partial charge in [-0.1, -0.05) is 0 Å². The molecule has 1 saturated carbocycles. The van der Waals surface area contributed by atoms with E-state index in [2.05, 4.69) is 27.5 Å². The normalized spacial score (nSPS) is 20.0. The molecule has 158 valence electrons. The molecule has 1 aliphatic heterocycles. The van der Waals surface area contributed by atoms with Crippen LogP contribution in [-0.2, 0) is 0 Å². The van der Waals surface area contributed by atoms with E-state index in [1.54, 1.807) is 4.68 Å². The summed E-state index contributed by atoms with van der Waals surface area (Å²) in [6, 6.07) is 6.33. The SMILES string of the molecule is Cc1cn2nc(-c3cc(C)c4c(=O)n([C@@H]5CCNC6(CC6)C5)ncc4c3)cc(C)c2n1. The van der Waals surface area contributed by atoms with Gasteiger partial charge in [0.15, 0.2) is 5.65 Å². The molecule has 7 heteroatoms. The summed E-state index contributed by atoms with van der Waals surface area (Å²) in [5.74, 6) is 0. The van der Waals surface area contributed by atoms with Gasteiger partial charge in [0, 0.05) is 16.5 Å². The van der Waals surface area contributed by atoms with Crippen LogP contribution in [0.4, 0.5) is 0 Å². The Kier molecular flexibility index (Phi) is 3.90. The molecule has 3 aromatic heterocycles. The quantitative estimate of drug-likeness (QED) is 0.543. The highest BCUT2D eigenvalue weighted by atomic mass is 16.1. The minimum atomic E-state index is 0.0223. The number of benzene rings is 1. The summed E-state index contributed by atoms with van der Waals surface area (Å²) in [4.78, 5) is 17.9. The van der Waals surface area contributed by atoms with Crippen LogP contribution < -0.4 is 10.9 Å². The number of nitrogens with one attached hydrogen (secondary N) is 1. The van der Waals surface area contributed by atoms with Crippen LogP contribution in [0.1, 0.15) is 48.5 Å². The van der Waals surface area contributed by atoms with Crippen molar-refractivity contribution in [2.45, 2.75) is 58.0 Å². The maximum absolute atomic E-state index is 13.4. The zero-order valence-electron chi connectivity index (χ0n) is 18.1. The number of hydrogen-bond donors (Lipinski definition) is 1. The summed E-state index contributed by atoms with van der Waals surface area (Å²) >= 11 is 0. The Balaban J connectivity index is 1.45. The van der Waals surface area contributed by atoms with Gasteiger partial charge in [-0.15, -0.1) is 0 Å². The average molecular weight is 415 g/mol. The number of hydrogen-bond acceptors (Lipinski definition) is 5. The largest absolute Gasteiger partial charge is 0.311 e. The maximum atomic E-state index is 13.4. The first-order chi connectivity index (χ1) is 14.9. The lowest BCUT2D eigenvalue weighted by Crippen LogP contribution is -2.43. The van der Waals surface area contributed by atoms with Gasteiger partial charge in [0.25, 0.3) is 5.56 Å². The Labute approximate surface area is 180 Å². The van der Waals surface area contributed by atoms with Crippen LogP contribution in [-0.4, -0.2) is 36.5 Å². The molecule has 6 rings (SSSR count). The summed E-state index contributed by atoms with van der Waals surface area (Å²) in [6.07, 6.45) is 8.15. The van der Waals surface area contributed by atoms with Gasteiger partial charge < -0.3 is 5.32 Å². The van der Waals surface area contributed by atoms with Gasteiger partial charge in [0.1, 0.15) is 0 Å². The third-order valence-electron chi connectivity index (χ3n) is 6.94. The van der Waals surface area contributed by atoms with E-state index >= 15 is 0 Å². The molecule has 0 radical (unpaired) electrons. The highest BCUT2D eigenvalue weighted by molar-refractivity contribution is 5.88. The number of nitrogens with zero attached hydrogens (tertiary/aromatic N) is 5. The van der Waals surface area contributed by atoms with Gasteiger partial charge >= 0.3 is 0 Å². The molecule has 1 N–H and O–H groups in total. The van der Waals surface area contributed by atoms with Crippen LogP contribution in [0.15, 0.2) is 35.4 Å². The second-order valence-electron chi connectivity index (χ2n) is 9.37. The molecule has 31 heavy (non-hydrogen) atoms. The third-order valence-corrected chi connectivity index (χ3v) is 6.94. The molecule has 1 spiro atoms. The highest BCUT2D eigenvalue weighted by Crippen LogP contribution is 2.45. The first-order valence-corrected chi connectivity index (χ1v) is 11.0. The Morgan fingerprint density at radius 3 is 2.77 bits per heavy atom. The third kappa shape index (κ3) is 2.98. The molecule has 0 unspecified atom stereocenters. The summed E-state index contributed by atoms with van der Waals surface area (Å²) in [6.45, 7) is 6.98. The summed E-state index contributed by atoms with van der Waals surface area (Å²) in [5, 5.41) is 14.6. The van der Waals surface area contributed by atoms with Crippen LogP contribution >= 0.6 is 0 Å². The molecule has 7 nitrogen and oxygen atoms in total. The van der Waals surface area contributed by atoms with E-state index in [-0.39, 0.29) is 17.1 Å². The van der Waals surface area contributed by atoms with Gasteiger partial charge in [-0.05, 0) is 82.3 Å². The van der Waals surface area contributed by atoms with Gasteiger partial charge in [-0.25, -0.2) is 14.2 Å². The first-order valence-electron chi connectivity index (χ1n) is 11.0. The van der Waals surface area contributed by atoms with Crippen LogP contribution in [0.5, 0.6) is 0 Å². The lowest BCUT2D eigenvalue weighted by Gasteiger charge is -2.31. The fourth-order valence-electron chi connectivity index (χ4n) is 5.16. The minimum Gasteiger partial charge on any atom is -0.311 e. The van der Waals surface area contributed by atoms with Crippen molar-refractivity contribution in [2.24, 2.45) is 0 Å². The van der Waals surface area contributed by atoms with E-state index < -0.39 is 0 Å². The van der Waals surface area contributed by atoms with Crippen LogP contribution in [0.3, 0.4) is 0 Å². The molecule has 1 aliphatic carbocycles. The fourth-order valence-corrected chi connectivity index (χ4v) is 5.16. The number of piperidine rings is 1. The molecule has 0 amide bonds. The van der Waals surface area contributed by atoms with Crippen LogP contribution in [0.25, 0.3) is 27.7 Å². The van der Waals surface area contributed by atoms with Crippen molar-refractivity contribution in [3.05, 3.63) is 57.8 Å². The van der Waals surface area contributed by atoms with Crippen LogP contribution in [0, 0.1) is 20.8 Å². The molecule has 4 aromatic rings. The van der Waals surface area contributed by atoms with Crippen molar-refractivity contribution in [3.63, 3.8) is 0 Å². The zero-order chi connectivity index (χ0) is 21.3. The summed E-state index contributed by atoms with van der Waals surface area (Å²) in [7, 11) is 0. The highest BCUT2D eigenvalue weighted by Gasteiger charge is 2.46. The van der Waals surface area contributed by atoms with E-state index in [0.29, 0.717) is 0 Å². The Morgan fingerprint density at radius 1 is 1.13 bits per heavy atom. The van der Waals surface area contributed by atoms with Gasteiger partial charge in [-0.2, -0.15) is 10.2 Å². The zero-order valence-corrected chi connectivity index (χ0v) is 18.1. The number of aromatic nitrogens is 5. The minimum absolute atomic E-state index is 0.0223. The predicted octanol–water partition coefficient (Wildman–Crippen LogP) is 3.49. The van der Waals surface area contributed by atoms with E-state index in [1.807, 2.05) is 43.7 Å². The van der Waals surface area contributed by atoms with E-state index in [9.17, 15) is 4.79 Å². The second-order valence-corrected chi connectivity index (χ2v) is 9.37. The van der Waals surface area contributed by atoms with Crippen molar-refractivity contribution in [1.82, 2.24) is 29.7 Å². The fraction of sp³-hybridized carbons (Fsp3) is 0.417. The number of imidazole rings is 1. The summed E-state index contributed by atoms with van der Waals surface area (Å²) < 4.78 is 3.57. The Bertz CT molecular complexity index is 1410. The molecular formula is C24H26N6O. The second kappa shape index (κ2) is 6.47. The standard InChI is InChI=1S/C24H26N6O/c1-14-8-17(20-9-15(2)22-27-16(3)13-29(22)28-20)10-18-12-26-30(23(31)21(14)18)19-4-7-25-24(11-19)5-6-24/h8-10,12-13,19,25H,4-7,11H2,1-3H3/t19-/m1/s1. The molecule has 4 heterocycles. The number of fused-ring (bicyclic) bond motifs is 2. The number of rotatable bonds is 2. The first kappa shape index (κ1) is 18.7. The van der Waals surface area contributed by atoms with E-state index in [1.165, 1.54) is 12.8 Å². The molecule has 2 aliphatic rings. The topological polar surface area (TPSA) is 77.1 Å². The monoisotopic (exact) mass is 414 g/mol. The summed E-state index contributed by atoms with van der Waals surface area (Å²) in [5.41, 5.74) is 5.98.